The van der Waals surface area contributed by atoms with E-state index in [0.29, 0.717) is 16.3 Å². The number of anilines is 1. The molecule has 0 spiro atoms. The van der Waals surface area contributed by atoms with Gasteiger partial charge in [-0.3, -0.25) is 19.2 Å². The molecule has 1 saturated heterocycles. The van der Waals surface area contributed by atoms with Crippen molar-refractivity contribution < 1.29 is 28.3 Å². The number of nitrogens with one attached hydrogen (secondary N) is 1. The standard InChI is InChI=1S/C20H21N3O6S/c21-18(26)17-13-4-1-5-14(13)30-19(17)22-15(24)10-29-20(27)11-7-16(25)23(8-11)9-12-3-2-6-28-12/h2-3,6,11H,1,4-5,7-10H2,(H2,21,26)(H,22,24). The molecule has 1 unspecified atom stereocenters. The molecule has 158 valence electrons. The number of ether oxygens (including phenoxy) is 1. The molecule has 2 aromatic rings. The number of hydrogen-bond donors (Lipinski definition) is 2. The van der Waals surface area contributed by atoms with Gasteiger partial charge in [-0.2, -0.15) is 0 Å². The Bertz CT molecular complexity index is 997. The van der Waals surface area contributed by atoms with Gasteiger partial charge in [0, 0.05) is 17.8 Å². The topological polar surface area (TPSA) is 132 Å². The second-order valence-electron chi connectivity index (χ2n) is 7.34. The number of thiophene rings is 1. The summed E-state index contributed by atoms with van der Waals surface area (Å²) in [6, 6.07) is 3.48. The van der Waals surface area contributed by atoms with Crippen molar-refractivity contribution in [2.45, 2.75) is 32.2 Å². The van der Waals surface area contributed by atoms with Crippen LogP contribution >= 0.6 is 11.3 Å². The van der Waals surface area contributed by atoms with Gasteiger partial charge in [0.1, 0.15) is 10.8 Å². The van der Waals surface area contributed by atoms with Gasteiger partial charge in [0.05, 0.1) is 24.3 Å². The van der Waals surface area contributed by atoms with Gasteiger partial charge in [-0.1, -0.05) is 0 Å². The summed E-state index contributed by atoms with van der Waals surface area (Å²) in [5, 5.41) is 3.02. The number of amides is 3. The molecule has 30 heavy (non-hydrogen) atoms. The third kappa shape index (κ3) is 4.09. The van der Waals surface area contributed by atoms with E-state index in [1.807, 2.05) is 0 Å². The van der Waals surface area contributed by atoms with E-state index in [0.717, 1.165) is 29.7 Å². The molecule has 0 aromatic carbocycles. The van der Waals surface area contributed by atoms with Gasteiger partial charge in [-0.05, 0) is 37.0 Å². The number of nitrogens with two attached hydrogens (primary N) is 1. The molecular weight excluding hydrogens is 410 g/mol. The molecule has 0 bridgehead atoms. The van der Waals surface area contributed by atoms with Crippen LogP contribution in [0.1, 0.15) is 39.4 Å². The van der Waals surface area contributed by atoms with Crippen LogP contribution in [0.25, 0.3) is 0 Å². The average Bonchev–Trinajstić information content (AvgIpc) is 3.45. The van der Waals surface area contributed by atoms with Crippen molar-refractivity contribution in [2.24, 2.45) is 11.7 Å². The first-order valence-corrected chi connectivity index (χ1v) is 10.4. The van der Waals surface area contributed by atoms with E-state index in [2.05, 4.69) is 5.32 Å². The van der Waals surface area contributed by atoms with Crippen LogP contribution in [0.4, 0.5) is 5.00 Å². The molecule has 3 N–H and O–H groups in total. The zero-order chi connectivity index (χ0) is 21.3. The van der Waals surface area contributed by atoms with E-state index in [9.17, 15) is 19.2 Å². The van der Waals surface area contributed by atoms with E-state index in [4.69, 9.17) is 14.9 Å². The number of likely N-dealkylation sites (tertiary alicyclic amines) is 1. The zero-order valence-corrected chi connectivity index (χ0v) is 17.0. The van der Waals surface area contributed by atoms with E-state index >= 15 is 0 Å². The first kappa shape index (κ1) is 20.1. The Morgan fingerprint density at radius 1 is 1.33 bits per heavy atom. The largest absolute Gasteiger partial charge is 0.467 e. The molecule has 3 amide bonds. The summed E-state index contributed by atoms with van der Waals surface area (Å²) in [5.41, 5.74) is 6.73. The lowest BCUT2D eigenvalue weighted by Crippen LogP contribution is -2.28. The second kappa shape index (κ2) is 8.31. The van der Waals surface area contributed by atoms with Crippen LogP contribution in [0.15, 0.2) is 22.8 Å². The minimum Gasteiger partial charge on any atom is -0.467 e. The molecule has 10 heteroatoms. The average molecular weight is 431 g/mol. The number of fused-ring (bicyclic) bond motifs is 1. The highest BCUT2D eigenvalue weighted by molar-refractivity contribution is 7.17. The van der Waals surface area contributed by atoms with Crippen LogP contribution in [-0.2, 0) is 38.5 Å². The Hall–Kier alpha value is -3.14. The lowest BCUT2D eigenvalue weighted by molar-refractivity contribution is -0.151. The number of nitrogens with zero attached hydrogens (tertiary/aromatic N) is 1. The Kier molecular flexibility index (Phi) is 5.58. The van der Waals surface area contributed by atoms with Crippen molar-refractivity contribution in [3.8, 4) is 0 Å². The summed E-state index contributed by atoms with van der Waals surface area (Å²) in [6.07, 6.45) is 4.13. The number of hydrogen-bond acceptors (Lipinski definition) is 7. The summed E-state index contributed by atoms with van der Waals surface area (Å²) < 4.78 is 10.3. The maximum atomic E-state index is 12.3. The van der Waals surface area contributed by atoms with E-state index in [-0.39, 0.29) is 25.4 Å². The minimum absolute atomic E-state index is 0.0324. The van der Waals surface area contributed by atoms with E-state index in [1.54, 1.807) is 12.1 Å². The fraction of sp³-hybridized carbons (Fsp3) is 0.400. The highest BCUT2D eigenvalue weighted by Crippen LogP contribution is 2.38. The predicted molar refractivity (Wildman–Crippen MR) is 107 cm³/mol. The SMILES string of the molecule is NC(=O)c1c(NC(=O)COC(=O)C2CC(=O)N(Cc3ccco3)C2)sc2c1CCC2. The van der Waals surface area contributed by atoms with Crippen LogP contribution in [-0.4, -0.2) is 41.7 Å². The van der Waals surface area contributed by atoms with Crippen molar-refractivity contribution >= 4 is 40.0 Å². The molecule has 1 fully saturated rings. The van der Waals surface area contributed by atoms with Gasteiger partial charge in [0.25, 0.3) is 11.8 Å². The van der Waals surface area contributed by atoms with E-state index < -0.39 is 30.3 Å². The highest BCUT2D eigenvalue weighted by Gasteiger charge is 2.36. The second-order valence-corrected chi connectivity index (χ2v) is 8.44. The van der Waals surface area contributed by atoms with Crippen molar-refractivity contribution in [3.63, 3.8) is 0 Å². The fourth-order valence-electron chi connectivity index (χ4n) is 3.84. The molecule has 1 aliphatic carbocycles. The van der Waals surface area contributed by atoms with Gasteiger partial charge in [0.15, 0.2) is 6.61 Å². The van der Waals surface area contributed by atoms with Crippen molar-refractivity contribution in [3.05, 3.63) is 40.2 Å². The summed E-state index contributed by atoms with van der Waals surface area (Å²) in [4.78, 5) is 51.0. The van der Waals surface area contributed by atoms with Crippen LogP contribution in [0.3, 0.4) is 0 Å². The maximum absolute atomic E-state index is 12.3. The Morgan fingerprint density at radius 2 is 2.17 bits per heavy atom. The normalized spacial score (nSPS) is 17.8. The molecule has 0 radical (unpaired) electrons. The molecule has 4 rings (SSSR count). The number of aryl methyl sites for hydroxylation is 1. The molecule has 1 atom stereocenters. The van der Waals surface area contributed by atoms with Crippen molar-refractivity contribution in [1.29, 1.82) is 0 Å². The molecule has 2 aromatic heterocycles. The molecule has 2 aliphatic rings. The number of primary amides is 1. The number of carbonyl (C=O) groups excluding carboxylic acids is 4. The predicted octanol–water partition coefficient (Wildman–Crippen LogP) is 1.46. The third-order valence-corrected chi connectivity index (χ3v) is 6.45. The Morgan fingerprint density at radius 3 is 2.90 bits per heavy atom. The summed E-state index contributed by atoms with van der Waals surface area (Å²) >= 11 is 1.33. The van der Waals surface area contributed by atoms with Crippen molar-refractivity contribution in [1.82, 2.24) is 4.90 Å². The summed E-state index contributed by atoms with van der Waals surface area (Å²) in [7, 11) is 0. The van der Waals surface area contributed by atoms with Crippen LogP contribution in [0.2, 0.25) is 0 Å². The summed E-state index contributed by atoms with van der Waals surface area (Å²) in [5.74, 6) is -1.91. The maximum Gasteiger partial charge on any atom is 0.311 e. The number of rotatable bonds is 7. The fourth-order valence-corrected chi connectivity index (χ4v) is 5.15. The van der Waals surface area contributed by atoms with Gasteiger partial charge in [0.2, 0.25) is 5.91 Å². The summed E-state index contributed by atoms with van der Waals surface area (Å²) in [6.45, 7) is 0.000961. The van der Waals surface area contributed by atoms with Crippen LogP contribution in [0, 0.1) is 5.92 Å². The molecule has 0 saturated carbocycles. The van der Waals surface area contributed by atoms with Crippen molar-refractivity contribution in [2.75, 3.05) is 18.5 Å². The Labute approximate surface area is 176 Å². The zero-order valence-electron chi connectivity index (χ0n) is 16.1. The molecule has 9 nitrogen and oxygen atoms in total. The Balaban J connectivity index is 1.30. The smallest absolute Gasteiger partial charge is 0.311 e. The number of carbonyl (C=O) groups is 4. The van der Waals surface area contributed by atoms with E-state index in [1.165, 1.54) is 22.5 Å². The van der Waals surface area contributed by atoms with Gasteiger partial charge in [-0.15, -0.1) is 11.3 Å². The highest BCUT2D eigenvalue weighted by atomic mass is 32.1. The first-order chi connectivity index (χ1) is 14.4. The molecule has 1 aliphatic heterocycles. The first-order valence-electron chi connectivity index (χ1n) is 9.63. The molecular formula is C20H21N3O6S. The molecule has 3 heterocycles. The van der Waals surface area contributed by atoms with Crippen LogP contribution in [0.5, 0.6) is 0 Å². The number of furan rings is 1. The minimum atomic E-state index is -0.632. The third-order valence-electron chi connectivity index (χ3n) is 5.24. The van der Waals surface area contributed by atoms with Gasteiger partial charge in [-0.25, -0.2) is 0 Å². The quantitative estimate of drug-likeness (QED) is 0.638. The van der Waals surface area contributed by atoms with Crippen LogP contribution < -0.4 is 11.1 Å². The van der Waals surface area contributed by atoms with Gasteiger partial charge >= 0.3 is 5.97 Å². The lowest BCUT2D eigenvalue weighted by atomic mass is 10.1. The lowest BCUT2D eigenvalue weighted by Gasteiger charge is -2.14. The van der Waals surface area contributed by atoms with Gasteiger partial charge < -0.3 is 25.1 Å². The monoisotopic (exact) mass is 431 g/mol. The number of esters is 1.